The molecule has 4 heterocycles. The van der Waals surface area contributed by atoms with Gasteiger partial charge < -0.3 is 15.5 Å². The summed E-state index contributed by atoms with van der Waals surface area (Å²) in [6.07, 6.45) is 6.47. The van der Waals surface area contributed by atoms with E-state index in [0.29, 0.717) is 12.6 Å². The van der Waals surface area contributed by atoms with Crippen LogP contribution in [0.2, 0.25) is 0 Å². The molecule has 0 aliphatic carbocycles. The van der Waals surface area contributed by atoms with Crippen LogP contribution in [0.1, 0.15) is 49.2 Å². The largest absolute Gasteiger partial charge is 0.349 e. The number of fused-ring (bicyclic) bond motifs is 1. The number of rotatable bonds is 7. The Labute approximate surface area is 219 Å². The fourth-order valence-electron chi connectivity index (χ4n) is 5.71. The van der Waals surface area contributed by atoms with Gasteiger partial charge in [-0.1, -0.05) is 25.1 Å². The number of aryl methyl sites for hydroxylation is 4. The molecule has 0 bridgehead atoms. The Kier molecular flexibility index (Phi) is 7.11. The number of nitrogens with zero attached hydrogens (tertiary/aromatic N) is 7. The van der Waals surface area contributed by atoms with Crippen molar-refractivity contribution in [1.29, 1.82) is 0 Å². The maximum atomic E-state index is 6.30. The second-order valence-corrected chi connectivity index (χ2v) is 10.2. The van der Waals surface area contributed by atoms with Crippen LogP contribution in [-0.4, -0.2) is 56.3 Å². The minimum Gasteiger partial charge on any atom is -0.349 e. The fourth-order valence-corrected chi connectivity index (χ4v) is 5.71. The first-order valence-corrected chi connectivity index (χ1v) is 13.4. The van der Waals surface area contributed by atoms with Crippen molar-refractivity contribution in [3.63, 3.8) is 0 Å². The molecule has 1 atom stereocenters. The monoisotopic (exact) mass is 498 g/mol. The molecule has 1 aliphatic heterocycles. The van der Waals surface area contributed by atoms with Crippen molar-refractivity contribution in [2.24, 2.45) is 5.73 Å². The van der Waals surface area contributed by atoms with Crippen molar-refractivity contribution < 1.29 is 0 Å². The molecule has 8 nitrogen and oxygen atoms in total. The van der Waals surface area contributed by atoms with Gasteiger partial charge in [0.15, 0.2) is 5.65 Å². The van der Waals surface area contributed by atoms with Crippen molar-refractivity contribution in [2.75, 3.05) is 29.4 Å². The van der Waals surface area contributed by atoms with Gasteiger partial charge in [0.1, 0.15) is 5.82 Å². The van der Waals surface area contributed by atoms with Crippen molar-refractivity contribution in [1.82, 2.24) is 24.6 Å². The lowest BCUT2D eigenvalue weighted by molar-refractivity contribution is 0.427. The first kappa shape index (κ1) is 25.1. The number of benzene rings is 1. The van der Waals surface area contributed by atoms with Gasteiger partial charge in [0.25, 0.3) is 0 Å². The van der Waals surface area contributed by atoms with Crippen LogP contribution in [0.5, 0.6) is 0 Å². The van der Waals surface area contributed by atoms with Crippen LogP contribution in [0.25, 0.3) is 16.8 Å². The van der Waals surface area contributed by atoms with Crippen molar-refractivity contribution in [3.8, 4) is 11.1 Å². The van der Waals surface area contributed by atoms with E-state index in [2.05, 4.69) is 83.2 Å². The van der Waals surface area contributed by atoms with Gasteiger partial charge in [-0.25, -0.2) is 15.0 Å². The molecular formula is C29H38N8. The van der Waals surface area contributed by atoms with E-state index in [1.807, 2.05) is 18.5 Å². The fraction of sp³-hybridized carbons (Fsp3) is 0.448. The third kappa shape index (κ3) is 4.66. The second kappa shape index (κ2) is 10.5. The van der Waals surface area contributed by atoms with Crippen LogP contribution in [-0.2, 0) is 6.42 Å². The Morgan fingerprint density at radius 1 is 1.03 bits per heavy atom. The topological polar surface area (TPSA) is 88.5 Å². The number of hydrogen-bond acceptors (Lipinski definition) is 7. The lowest BCUT2D eigenvalue weighted by Crippen LogP contribution is -2.51. The van der Waals surface area contributed by atoms with Crippen molar-refractivity contribution >= 4 is 17.4 Å². The molecule has 8 heteroatoms. The molecule has 0 saturated carbocycles. The van der Waals surface area contributed by atoms with Gasteiger partial charge >= 0.3 is 0 Å². The quantitative estimate of drug-likeness (QED) is 0.401. The average molecular weight is 499 g/mol. The predicted molar refractivity (Wildman–Crippen MR) is 150 cm³/mol. The summed E-state index contributed by atoms with van der Waals surface area (Å²) in [5.74, 6) is 1.88. The number of piperidine rings is 1. The van der Waals surface area contributed by atoms with Gasteiger partial charge in [0, 0.05) is 55.9 Å². The molecule has 1 unspecified atom stereocenters. The highest BCUT2D eigenvalue weighted by Crippen LogP contribution is 2.36. The highest BCUT2D eigenvalue weighted by Gasteiger charge is 2.31. The lowest BCUT2D eigenvalue weighted by Gasteiger charge is -2.42. The molecule has 2 N–H and O–H groups in total. The number of hydrogen-bond donors (Lipinski definition) is 1. The molecule has 1 aromatic carbocycles. The molecule has 194 valence electrons. The minimum atomic E-state index is 0.160. The lowest BCUT2D eigenvalue weighted by atomic mass is 9.96. The summed E-state index contributed by atoms with van der Waals surface area (Å²) in [6, 6.07) is 11.0. The molecule has 0 spiro atoms. The Morgan fingerprint density at radius 2 is 1.70 bits per heavy atom. The molecule has 3 aromatic heterocycles. The summed E-state index contributed by atoms with van der Waals surface area (Å²) < 4.78 is 2.06. The van der Waals surface area contributed by atoms with E-state index in [0.717, 1.165) is 66.7 Å². The van der Waals surface area contributed by atoms with E-state index in [-0.39, 0.29) is 6.04 Å². The summed E-state index contributed by atoms with van der Waals surface area (Å²) in [6.45, 7) is 13.2. The Morgan fingerprint density at radius 3 is 2.32 bits per heavy atom. The van der Waals surface area contributed by atoms with Crippen molar-refractivity contribution in [2.45, 2.75) is 66.0 Å². The Balaban J connectivity index is 1.59. The number of anilines is 2. The average Bonchev–Trinajstić information content (AvgIpc) is 3.25. The smallest absolute Gasteiger partial charge is 0.225 e. The molecule has 0 radical (unpaired) electrons. The standard InChI is InChI=1S/C29H38N8/c1-6-23-17-25(37-28(33-23)27(22(5)34-37)26-19(2)9-7-10-20(26)3)36(21(4)18-30)24-11-15-35(16-12-24)29-31-13-8-14-32-29/h7-10,13-14,17,21,24H,6,11-12,15-16,18,30H2,1-5H3. The summed E-state index contributed by atoms with van der Waals surface area (Å²) in [5.41, 5.74) is 14.1. The van der Waals surface area contributed by atoms with Crippen LogP contribution in [0.3, 0.4) is 0 Å². The van der Waals surface area contributed by atoms with Gasteiger partial charge in [-0.3, -0.25) is 0 Å². The zero-order valence-electron chi connectivity index (χ0n) is 22.6. The van der Waals surface area contributed by atoms with E-state index in [1.54, 1.807) is 0 Å². The third-order valence-electron chi connectivity index (χ3n) is 7.67. The molecule has 1 saturated heterocycles. The van der Waals surface area contributed by atoms with Crippen LogP contribution < -0.4 is 15.5 Å². The van der Waals surface area contributed by atoms with E-state index < -0.39 is 0 Å². The highest BCUT2D eigenvalue weighted by atomic mass is 15.4. The zero-order chi connectivity index (χ0) is 26.1. The summed E-state index contributed by atoms with van der Waals surface area (Å²) in [7, 11) is 0. The molecule has 37 heavy (non-hydrogen) atoms. The molecule has 4 aromatic rings. The van der Waals surface area contributed by atoms with Gasteiger partial charge in [0.2, 0.25) is 5.95 Å². The van der Waals surface area contributed by atoms with Crippen LogP contribution in [0, 0.1) is 20.8 Å². The van der Waals surface area contributed by atoms with Gasteiger partial charge in [-0.15, -0.1) is 0 Å². The van der Waals surface area contributed by atoms with Crippen molar-refractivity contribution in [3.05, 3.63) is 65.2 Å². The number of aromatic nitrogens is 5. The third-order valence-corrected chi connectivity index (χ3v) is 7.67. The zero-order valence-corrected chi connectivity index (χ0v) is 22.6. The van der Waals surface area contributed by atoms with E-state index in [9.17, 15) is 0 Å². The normalized spacial score (nSPS) is 15.4. The SMILES string of the molecule is CCc1cc(N(C(C)CN)C2CCN(c3ncccn3)CC2)n2nc(C)c(-c3c(C)cccc3C)c2n1. The second-order valence-electron chi connectivity index (χ2n) is 10.2. The van der Waals surface area contributed by atoms with Crippen LogP contribution in [0.15, 0.2) is 42.7 Å². The van der Waals surface area contributed by atoms with E-state index in [4.69, 9.17) is 15.8 Å². The van der Waals surface area contributed by atoms with Gasteiger partial charge in [-0.05, 0) is 69.7 Å². The van der Waals surface area contributed by atoms with Gasteiger partial charge in [0.05, 0.1) is 11.3 Å². The summed E-state index contributed by atoms with van der Waals surface area (Å²) in [4.78, 5) is 18.8. The molecule has 5 rings (SSSR count). The predicted octanol–water partition coefficient (Wildman–Crippen LogP) is 4.50. The molecule has 1 aliphatic rings. The maximum Gasteiger partial charge on any atom is 0.225 e. The summed E-state index contributed by atoms with van der Waals surface area (Å²) in [5, 5.41) is 5.08. The molecular weight excluding hydrogens is 460 g/mol. The highest BCUT2D eigenvalue weighted by molar-refractivity contribution is 5.84. The first-order chi connectivity index (χ1) is 17.9. The van der Waals surface area contributed by atoms with Crippen LogP contribution >= 0.6 is 0 Å². The van der Waals surface area contributed by atoms with E-state index in [1.165, 1.54) is 16.7 Å². The first-order valence-electron chi connectivity index (χ1n) is 13.4. The molecule has 1 fully saturated rings. The molecule has 0 amide bonds. The summed E-state index contributed by atoms with van der Waals surface area (Å²) >= 11 is 0. The Hall–Kier alpha value is -3.52. The minimum absolute atomic E-state index is 0.160. The van der Waals surface area contributed by atoms with E-state index >= 15 is 0 Å². The Bertz CT molecular complexity index is 1350. The number of nitrogens with two attached hydrogens (primary N) is 1. The van der Waals surface area contributed by atoms with Crippen LogP contribution in [0.4, 0.5) is 11.8 Å². The maximum absolute atomic E-state index is 6.30. The van der Waals surface area contributed by atoms with Gasteiger partial charge in [-0.2, -0.15) is 9.61 Å².